The van der Waals surface area contributed by atoms with Crippen molar-refractivity contribution < 1.29 is 19.4 Å². The number of hydrogen-bond donors (Lipinski definition) is 1. The molecule has 1 aromatic carbocycles. The van der Waals surface area contributed by atoms with E-state index in [9.17, 15) is 9.90 Å². The largest absolute Gasteiger partial charge is 0.493 e. The maximum atomic E-state index is 13.5. The summed E-state index contributed by atoms with van der Waals surface area (Å²) in [5, 5.41) is 10.1. The molecule has 2 bridgehead atoms. The van der Waals surface area contributed by atoms with Crippen molar-refractivity contribution in [2.45, 2.75) is 120 Å². The Morgan fingerprint density at radius 3 is 2.77 bits per heavy atom. The van der Waals surface area contributed by atoms with E-state index < -0.39 is 0 Å². The van der Waals surface area contributed by atoms with Gasteiger partial charge in [0.1, 0.15) is 6.10 Å². The zero-order valence-corrected chi connectivity index (χ0v) is 24.1. The monoisotopic (exact) mass is 536 g/mol. The molecule has 0 radical (unpaired) electrons. The molecule has 4 fully saturated rings. The number of hydrogen-bond acceptors (Lipinski definition) is 5. The third-order valence-corrected chi connectivity index (χ3v) is 11.8. The molecule has 7 rings (SSSR count). The van der Waals surface area contributed by atoms with Gasteiger partial charge in [0, 0.05) is 43.0 Å². The Labute approximate surface area is 234 Å². The normalized spacial score (nSPS) is 36.7. The van der Waals surface area contributed by atoms with Crippen LogP contribution in [0.5, 0.6) is 11.5 Å². The zero-order valence-electron chi connectivity index (χ0n) is 24.1. The number of methoxy groups -OCH3 is 1. The van der Waals surface area contributed by atoms with E-state index in [2.05, 4.69) is 21.9 Å². The summed E-state index contributed by atoms with van der Waals surface area (Å²) in [7, 11) is 3.79. The molecular formula is C33H48N2O4. The van der Waals surface area contributed by atoms with Crippen molar-refractivity contribution in [3.63, 3.8) is 0 Å². The summed E-state index contributed by atoms with van der Waals surface area (Å²) in [6, 6.07) is 4.96. The maximum Gasteiger partial charge on any atom is 0.222 e. The van der Waals surface area contributed by atoms with Crippen molar-refractivity contribution in [1.82, 2.24) is 9.80 Å². The molecule has 0 aromatic heterocycles. The molecule has 1 aromatic rings. The van der Waals surface area contributed by atoms with E-state index in [-0.39, 0.29) is 29.6 Å². The number of carbonyl (C=O) groups excluding carboxylic acids is 1. The van der Waals surface area contributed by atoms with E-state index in [1.807, 2.05) is 7.05 Å². The Hall–Kier alpha value is -1.79. The van der Waals surface area contributed by atoms with Gasteiger partial charge in [-0.3, -0.25) is 9.69 Å². The molecule has 214 valence electrons. The molecular weight excluding hydrogens is 488 g/mol. The van der Waals surface area contributed by atoms with Crippen LogP contribution < -0.4 is 9.47 Å². The Morgan fingerprint density at radius 1 is 1.18 bits per heavy atom. The van der Waals surface area contributed by atoms with Crippen LogP contribution in [-0.4, -0.2) is 72.4 Å². The highest BCUT2D eigenvalue weighted by Crippen LogP contribution is 2.64. The quantitative estimate of drug-likeness (QED) is 0.446. The predicted molar refractivity (Wildman–Crippen MR) is 151 cm³/mol. The second kappa shape index (κ2) is 10.2. The van der Waals surface area contributed by atoms with Gasteiger partial charge in [0.2, 0.25) is 5.91 Å². The van der Waals surface area contributed by atoms with Crippen molar-refractivity contribution >= 4 is 5.91 Å². The van der Waals surface area contributed by atoms with Gasteiger partial charge < -0.3 is 19.5 Å². The van der Waals surface area contributed by atoms with Crippen LogP contribution in [0.15, 0.2) is 12.1 Å². The molecule has 1 N–H and O–H groups in total. The van der Waals surface area contributed by atoms with Crippen molar-refractivity contribution in [3.05, 3.63) is 23.3 Å². The lowest BCUT2D eigenvalue weighted by Crippen LogP contribution is -2.69. The fourth-order valence-corrected chi connectivity index (χ4v) is 9.65. The summed E-state index contributed by atoms with van der Waals surface area (Å²) < 4.78 is 12.8. The number of unbranched alkanes of at least 4 members (excludes halogenated alkanes) is 1. The van der Waals surface area contributed by atoms with Gasteiger partial charge in [0.15, 0.2) is 11.5 Å². The maximum absolute atomic E-state index is 13.5. The number of aliphatic hydroxyl groups is 1. The van der Waals surface area contributed by atoms with Crippen molar-refractivity contribution in [2.75, 3.05) is 27.2 Å². The molecule has 2 unspecified atom stereocenters. The van der Waals surface area contributed by atoms with Crippen molar-refractivity contribution in [3.8, 4) is 11.5 Å². The highest BCUT2D eigenvalue weighted by atomic mass is 16.5. The summed E-state index contributed by atoms with van der Waals surface area (Å²) in [6.07, 6.45) is 16.2. The van der Waals surface area contributed by atoms with Gasteiger partial charge in [-0.2, -0.15) is 0 Å². The first-order valence-corrected chi connectivity index (χ1v) is 16.1. The van der Waals surface area contributed by atoms with Crippen LogP contribution in [-0.2, 0) is 16.6 Å². The lowest BCUT2D eigenvalue weighted by atomic mass is 9.51. The molecule has 6 nitrogen and oxygen atoms in total. The number of carbonyl (C=O) groups is 1. The Balaban J connectivity index is 1.10. The highest BCUT2D eigenvalue weighted by Gasteiger charge is 2.66. The molecule has 39 heavy (non-hydrogen) atoms. The Kier molecular flexibility index (Phi) is 6.86. The van der Waals surface area contributed by atoms with E-state index in [1.165, 1.54) is 56.1 Å². The molecule has 6 aliphatic rings. The van der Waals surface area contributed by atoms with Gasteiger partial charge in [-0.25, -0.2) is 0 Å². The summed E-state index contributed by atoms with van der Waals surface area (Å²) in [6.45, 7) is 2.07. The summed E-state index contributed by atoms with van der Waals surface area (Å²) >= 11 is 0. The number of ether oxygens (including phenoxy) is 2. The predicted octanol–water partition coefficient (Wildman–Crippen LogP) is 5.08. The Morgan fingerprint density at radius 2 is 2.00 bits per heavy atom. The summed E-state index contributed by atoms with van der Waals surface area (Å²) in [5.74, 6) is 3.95. The molecule has 3 saturated carbocycles. The fraction of sp³-hybridized carbons (Fsp3) is 0.788. The number of likely N-dealkylation sites (N-methyl/N-ethyl adjacent to an activating group) is 1. The SMILES string of the molecule is COc1ccc2c3c1O[C@H]1[C@@H](N(C)C(=O)CCCCC4CCCCC4)CC[C@H]4[C@@H](C2)N(CC2CC2O)CC[C@@]341. The van der Waals surface area contributed by atoms with Gasteiger partial charge in [-0.05, 0) is 68.5 Å². The van der Waals surface area contributed by atoms with E-state index in [0.717, 1.165) is 69.0 Å². The van der Waals surface area contributed by atoms with Crippen molar-refractivity contribution in [1.29, 1.82) is 0 Å². The molecule has 1 saturated heterocycles. The fourth-order valence-electron chi connectivity index (χ4n) is 9.65. The van der Waals surface area contributed by atoms with E-state index >= 15 is 0 Å². The van der Waals surface area contributed by atoms with Gasteiger partial charge in [0.05, 0.1) is 19.3 Å². The van der Waals surface area contributed by atoms with Crippen LogP contribution >= 0.6 is 0 Å². The molecule has 2 heterocycles. The highest BCUT2D eigenvalue weighted by molar-refractivity contribution is 5.76. The third kappa shape index (κ3) is 4.31. The molecule has 6 heteroatoms. The van der Waals surface area contributed by atoms with E-state index in [4.69, 9.17) is 9.47 Å². The second-order valence-electron chi connectivity index (χ2n) is 13.8. The van der Waals surface area contributed by atoms with Crippen LogP contribution in [0.4, 0.5) is 0 Å². The average Bonchev–Trinajstić information content (AvgIpc) is 3.54. The minimum atomic E-state index is -0.103. The first-order chi connectivity index (χ1) is 19.0. The van der Waals surface area contributed by atoms with Gasteiger partial charge in [0.25, 0.3) is 0 Å². The average molecular weight is 537 g/mol. The van der Waals surface area contributed by atoms with Crippen LogP contribution in [0.3, 0.4) is 0 Å². The number of likely N-dealkylation sites (tertiary alicyclic amines) is 1. The molecule has 7 atom stereocenters. The van der Waals surface area contributed by atoms with Crippen molar-refractivity contribution in [2.24, 2.45) is 17.8 Å². The van der Waals surface area contributed by atoms with Crippen LogP contribution in [0.2, 0.25) is 0 Å². The number of nitrogens with zero attached hydrogens (tertiary/aromatic N) is 2. The van der Waals surface area contributed by atoms with Crippen LogP contribution in [0, 0.1) is 17.8 Å². The minimum Gasteiger partial charge on any atom is -0.493 e. The topological polar surface area (TPSA) is 62.2 Å². The first-order valence-electron chi connectivity index (χ1n) is 16.1. The van der Waals surface area contributed by atoms with E-state index in [0.29, 0.717) is 24.3 Å². The minimum absolute atomic E-state index is 0.00560. The number of aliphatic hydroxyl groups excluding tert-OH is 1. The Bertz CT molecular complexity index is 1090. The molecule has 1 amide bonds. The third-order valence-electron chi connectivity index (χ3n) is 11.8. The zero-order chi connectivity index (χ0) is 26.7. The lowest BCUT2D eigenvalue weighted by molar-refractivity contribution is -0.140. The van der Waals surface area contributed by atoms with E-state index in [1.54, 1.807) is 7.11 Å². The summed E-state index contributed by atoms with van der Waals surface area (Å²) in [4.78, 5) is 18.3. The first kappa shape index (κ1) is 26.1. The van der Waals surface area contributed by atoms with Crippen LogP contribution in [0.1, 0.15) is 94.6 Å². The van der Waals surface area contributed by atoms with Crippen LogP contribution in [0.25, 0.3) is 0 Å². The second-order valence-corrected chi connectivity index (χ2v) is 13.8. The molecule has 4 aliphatic carbocycles. The molecule has 1 spiro atoms. The number of piperidine rings is 1. The standard InChI is InChI=1S/C33H48N2O4/c1-34(29(37)11-7-6-10-21-8-4-3-5-9-21)25-14-13-24-26-18-22-12-15-28(38-2)31-30(22)33(24,32(25)39-31)16-17-35(26)20-23-19-27(23)36/h12,15,21,23-27,32,36H,3-11,13-14,16-20H2,1-2H3/t23?,24-,25-,26+,27?,32-,33-/m0/s1. The van der Waals surface area contributed by atoms with Gasteiger partial charge in [-0.15, -0.1) is 0 Å². The van der Waals surface area contributed by atoms with Gasteiger partial charge in [-0.1, -0.05) is 51.0 Å². The summed E-state index contributed by atoms with van der Waals surface area (Å²) in [5.41, 5.74) is 2.77. The number of rotatable bonds is 9. The number of amides is 1. The van der Waals surface area contributed by atoms with Gasteiger partial charge >= 0.3 is 0 Å². The smallest absolute Gasteiger partial charge is 0.222 e. The molecule has 2 aliphatic heterocycles. The lowest BCUT2D eigenvalue weighted by Gasteiger charge is -2.60. The number of benzene rings is 1.